The molecule has 0 amide bonds. The van der Waals surface area contributed by atoms with Crippen LogP contribution < -0.4 is 9.16 Å². The lowest BCUT2D eigenvalue weighted by Gasteiger charge is -2.49. The highest BCUT2D eigenvalue weighted by atomic mass is 28.4. The van der Waals surface area contributed by atoms with Gasteiger partial charge in [0.15, 0.2) is 0 Å². The Balaban J connectivity index is 2.10. The van der Waals surface area contributed by atoms with Gasteiger partial charge < -0.3 is 9.16 Å². The predicted octanol–water partition coefficient (Wildman–Crippen LogP) is 8.41. The Morgan fingerprint density at radius 1 is 1.20 bits per heavy atom. The molecule has 0 radical (unpaired) electrons. The van der Waals surface area contributed by atoms with Gasteiger partial charge in [-0.15, -0.1) is 0 Å². The summed E-state index contributed by atoms with van der Waals surface area (Å²) < 4.78 is 13.7. The minimum atomic E-state index is -1.95. The van der Waals surface area contributed by atoms with Crippen molar-refractivity contribution < 1.29 is 9.16 Å². The molecule has 3 rings (SSSR count). The Morgan fingerprint density at radius 2 is 1.90 bits per heavy atom. The fourth-order valence-electron chi connectivity index (χ4n) is 4.95. The summed E-state index contributed by atoms with van der Waals surface area (Å²) in [5, 5.41) is 0.169. The summed E-state index contributed by atoms with van der Waals surface area (Å²) in [5.41, 5.74) is 3.92. The first kappa shape index (κ1) is 23.4. The molecule has 0 aromatic heterocycles. The third-order valence-electron chi connectivity index (χ3n) is 7.84. The molecule has 1 heterocycles. The maximum atomic E-state index is 6.99. The third kappa shape index (κ3) is 4.66. The number of rotatable bonds is 6. The van der Waals surface area contributed by atoms with Crippen LogP contribution >= 0.6 is 0 Å². The lowest BCUT2D eigenvalue weighted by atomic mass is 9.65. The maximum Gasteiger partial charge on any atom is 0.250 e. The van der Waals surface area contributed by atoms with E-state index < -0.39 is 8.32 Å². The quantitative estimate of drug-likeness (QED) is 0.257. The van der Waals surface area contributed by atoms with Crippen LogP contribution in [0.2, 0.25) is 18.1 Å². The second-order valence-corrected chi connectivity index (χ2v) is 16.5. The molecule has 2 atom stereocenters. The lowest BCUT2D eigenvalue weighted by Crippen LogP contribution is -2.47. The van der Waals surface area contributed by atoms with Crippen molar-refractivity contribution in [3.8, 4) is 11.5 Å². The van der Waals surface area contributed by atoms with Gasteiger partial charge in [0.2, 0.25) is 8.32 Å². The molecule has 168 valence electrons. The molecule has 2 nitrogen and oxygen atoms in total. The first-order valence-corrected chi connectivity index (χ1v) is 15.0. The zero-order valence-corrected chi connectivity index (χ0v) is 21.8. The average Bonchev–Trinajstić information content (AvgIpc) is 2.59. The largest absolute Gasteiger partial charge is 0.543 e. The predicted molar refractivity (Wildman–Crippen MR) is 131 cm³/mol. The summed E-state index contributed by atoms with van der Waals surface area (Å²) in [4.78, 5) is 0. The Morgan fingerprint density at radius 3 is 2.53 bits per heavy atom. The number of hydrogen-bond acceptors (Lipinski definition) is 2. The molecule has 2 aliphatic rings. The van der Waals surface area contributed by atoms with Crippen LogP contribution in [0.15, 0.2) is 24.3 Å². The van der Waals surface area contributed by atoms with Gasteiger partial charge in [-0.05, 0) is 81.8 Å². The van der Waals surface area contributed by atoms with E-state index in [1.54, 1.807) is 0 Å². The van der Waals surface area contributed by atoms with E-state index in [4.69, 9.17) is 9.16 Å². The minimum Gasteiger partial charge on any atom is -0.543 e. The van der Waals surface area contributed by atoms with Crippen molar-refractivity contribution >= 4 is 8.32 Å². The van der Waals surface area contributed by atoms with Crippen LogP contribution in [-0.4, -0.2) is 13.9 Å². The molecule has 30 heavy (non-hydrogen) atoms. The fraction of sp³-hybridized carbons (Fsp3) is 0.704. The number of fused-ring (bicyclic) bond motifs is 3. The Bertz CT molecular complexity index is 785. The molecule has 0 N–H and O–H groups in total. The maximum absolute atomic E-state index is 6.99. The van der Waals surface area contributed by atoms with E-state index in [0.29, 0.717) is 11.8 Å². The minimum absolute atomic E-state index is 0.144. The number of aryl methyl sites for hydroxylation is 1. The topological polar surface area (TPSA) is 18.5 Å². The summed E-state index contributed by atoms with van der Waals surface area (Å²) in [5.74, 6) is 3.14. The Labute approximate surface area is 186 Å². The van der Waals surface area contributed by atoms with Crippen LogP contribution in [0.4, 0.5) is 0 Å². The van der Waals surface area contributed by atoms with Crippen molar-refractivity contribution in [2.24, 2.45) is 5.92 Å². The summed E-state index contributed by atoms with van der Waals surface area (Å²) in [6.07, 6.45) is 8.18. The SMILES string of the molecule is C=C1CC[C@H]2C(C1)c1c(cc(CCCCC)cc1O[Si](C)(C)C(C)(C)C)OC2(C)C. The van der Waals surface area contributed by atoms with Crippen molar-refractivity contribution in [3.05, 3.63) is 35.4 Å². The van der Waals surface area contributed by atoms with Crippen molar-refractivity contribution in [1.82, 2.24) is 0 Å². The second kappa shape index (κ2) is 8.37. The van der Waals surface area contributed by atoms with Crippen LogP contribution in [0.3, 0.4) is 0 Å². The van der Waals surface area contributed by atoms with Gasteiger partial charge in [0.1, 0.15) is 17.1 Å². The van der Waals surface area contributed by atoms with Gasteiger partial charge in [0.05, 0.1) is 0 Å². The van der Waals surface area contributed by atoms with Crippen LogP contribution in [0.25, 0.3) is 0 Å². The third-order valence-corrected chi connectivity index (χ3v) is 12.2. The van der Waals surface area contributed by atoms with Crippen molar-refractivity contribution in [2.45, 2.75) is 116 Å². The highest BCUT2D eigenvalue weighted by Crippen LogP contribution is 2.56. The van der Waals surface area contributed by atoms with Crippen LogP contribution in [0, 0.1) is 5.92 Å². The van der Waals surface area contributed by atoms with E-state index in [2.05, 4.69) is 73.3 Å². The number of allylic oxidation sites excluding steroid dienone is 1. The molecule has 3 heteroatoms. The molecule has 0 spiro atoms. The summed E-state index contributed by atoms with van der Waals surface area (Å²) >= 11 is 0. The fourth-order valence-corrected chi connectivity index (χ4v) is 5.98. The van der Waals surface area contributed by atoms with Crippen molar-refractivity contribution in [2.75, 3.05) is 0 Å². The van der Waals surface area contributed by atoms with Gasteiger partial charge in [-0.1, -0.05) is 52.7 Å². The molecule has 0 bridgehead atoms. The van der Waals surface area contributed by atoms with E-state index in [-0.39, 0.29) is 10.6 Å². The molecule has 1 fully saturated rings. The standard InChI is InChI=1S/C27H44O2Si/c1-10-11-12-13-20-17-23-25(24(18-20)29-30(8,9)26(3,4)5)21-16-19(2)14-15-22(21)27(6,7)28-23/h17-18,21-22H,2,10-16H2,1,3-9H3/t21?,22-/m0/s1. The zero-order chi connectivity index (χ0) is 22.3. The smallest absolute Gasteiger partial charge is 0.250 e. The van der Waals surface area contributed by atoms with Crippen molar-refractivity contribution in [3.63, 3.8) is 0 Å². The van der Waals surface area contributed by atoms with Crippen LogP contribution in [-0.2, 0) is 6.42 Å². The molecular weight excluding hydrogens is 384 g/mol. The van der Waals surface area contributed by atoms with Gasteiger partial charge in [0, 0.05) is 17.4 Å². The normalized spacial score (nSPS) is 23.4. The molecule has 0 saturated heterocycles. The summed E-state index contributed by atoms with van der Waals surface area (Å²) in [7, 11) is -1.95. The summed E-state index contributed by atoms with van der Waals surface area (Å²) in [6.45, 7) is 22.9. The van der Waals surface area contributed by atoms with E-state index in [9.17, 15) is 0 Å². The number of ether oxygens (including phenoxy) is 1. The number of benzene rings is 1. The second-order valence-electron chi connectivity index (χ2n) is 11.7. The average molecular weight is 429 g/mol. The molecule has 1 saturated carbocycles. The molecule has 1 unspecified atom stereocenters. The Kier molecular flexibility index (Phi) is 6.54. The summed E-state index contributed by atoms with van der Waals surface area (Å²) in [6, 6.07) is 4.67. The number of hydrogen-bond donors (Lipinski definition) is 0. The van der Waals surface area contributed by atoms with Crippen molar-refractivity contribution in [1.29, 1.82) is 0 Å². The zero-order valence-electron chi connectivity index (χ0n) is 20.8. The molecule has 1 aliphatic carbocycles. The molecule has 1 aromatic rings. The molecule has 1 aromatic carbocycles. The van der Waals surface area contributed by atoms with E-state index in [1.807, 2.05) is 0 Å². The van der Waals surface area contributed by atoms with Gasteiger partial charge in [0.25, 0.3) is 0 Å². The van der Waals surface area contributed by atoms with Crippen LogP contribution in [0.5, 0.6) is 11.5 Å². The first-order chi connectivity index (χ1) is 13.9. The monoisotopic (exact) mass is 428 g/mol. The van der Waals surface area contributed by atoms with E-state index >= 15 is 0 Å². The van der Waals surface area contributed by atoms with Crippen LogP contribution in [0.1, 0.15) is 97.1 Å². The molecule has 1 aliphatic heterocycles. The van der Waals surface area contributed by atoms with Gasteiger partial charge in [-0.3, -0.25) is 0 Å². The Hall–Kier alpha value is -1.22. The first-order valence-electron chi connectivity index (χ1n) is 12.1. The number of unbranched alkanes of at least 4 members (excludes halogenated alkanes) is 2. The van der Waals surface area contributed by atoms with Gasteiger partial charge >= 0.3 is 0 Å². The van der Waals surface area contributed by atoms with E-state index in [1.165, 1.54) is 36.0 Å². The van der Waals surface area contributed by atoms with Gasteiger partial charge in [-0.25, -0.2) is 0 Å². The highest BCUT2D eigenvalue weighted by molar-refractivity contribution is 6.74. The van der Waals surface area contributed by atoms with Gasteiger partial charge in [-0.2, -0.15) is 0 Å². The highest BCUT2D eigenvalue weighted by Gasteiger charge is 2.48. The van der Waals surface area contributed by atoms with E-state index in [0.717, 1.165) is 37.2 Å². The molecular formula is C27H44O2Si. The lowest BCUT2D eigenvalue weighted by molar-refractivity contribution is -0.000589.